The summed E-state index contributed by atoms with van der Waals surface area (Å²) in [7, 11) is 1.60. The van der Waals surface area contributed by atoms with Gasteiger partial charge in [0.25, 0.3) is 0 Å². The lowest BCUT2D eigenvalue weighted by molar-refractivity contribution is -0.110. The molecule has 0 bridgehead atoms. The fraction of sp³-hybridized carbons (Fsp3) is 0.154. The highest BCUT2D eigenvalue weighted by molar-refractivity contribution is 6.02. The number of carbonyl (C=O) groups excluding carboxylic acids is 1. The minimum Gasteiger partial charge on any atom is -0.512 e. The van der Waals surface area contributed by atoms with Crippen LogP contribution in [0.2, 0.25) is 0 Å². The third-order valence-electron chi connectivity index (χ3n) is 1.91. The average Bonchev–Trinajstić information content (AvgIpc) is 2.26. The highest BCUT2D eigenvalue weighted by atomic mass is 16.5. The van der Waals surface area contributed by atoms with Gasteiger partial charge in [-0.2, -0.15) is 0 Å². The molecule has 0 amide bonds. The van der Waals surface area contributed by atoms with Gasteiger partial charge in [-0.15, -0.1) is 0 Å². The Balaban J connectivity index is 2.69. The number of aliphatic hydroxyl groups excluding tert-OH is 1. The van der Waals surface area contributed by atoms with E-state index in [9.17, 15) is 4.79 Å². The molecule has 1 aromatic carbocycles. The number of carbonyl (C=O) groups is 1. The first-order valence-corrected chi connectivity index (χ1v) is 4.85. The summed E-state index contributed by atoms with van der Waals surface area (Å²) in [6.07, 6.45) is 4.25. The van der Waals surface area contributed by atoms with Crippen molar-refractivity contribution in [2.75, 3.05) is 7.11 Å². The molecule has 0 radical (unpaired) electrons. The van der Waals surface area contributed by atoms with Gasteiger partial charge in [-0.1, -0.05) is 18.2 Å². The van der Waals surface area contributed by atoms with Crippen molar-refractivity contribution in [3.05, 3.63) is 47.7 Å². The zero-order valence-corrected chi connectivity index (χ0v) is 9.31. The first-order chi connectivity index (χ1) is 7.61. The van der Waals surface area contributed by atoms with E-state index >= 15 is 0 Å². The molecule has 0 saturated carbocycles. The molecule has 0 heterocycles. The van der Waals surface area contributed by atoms with Crippen LogP contribution in [0.3, 0.4) is 0 Å². The van der Waals surface area contributed by atoms with Gasteiger partial charge in [0.2, 0.25) is 0 Å². The summed E-state index contributed by atoms with van der Waals surface area (Å²) in [5, 5.41) is 8.88. The summed E-state index contributed by atoms with van der Waals surface area (Å²) in [5.74, 6) is 0.537. The molecule has 1 aromatic rings. The maximum atomic E-state index is 11.2. The summed E-state index contributed by atoms with van der Waals surface area (Å²) >= 11 is 0. The number of aliphatic hydroxyl groups is 1. The van der Waals surface area contributed by atoms with Gasteiger partial charge in [0.05, 0.1) is 12.9 Å². The monoisotopic (exact) mass is 218 g/mol. The zero-order chi connectivity index (χ0) is 12.0. The van der Waals surface area contributed by atoms with Crippen LogP contribution in [0.1, 0.15) is 12.5 Å². The normalized spacial score (nSPS) is 11.8. The van der Waals surface area contributed by atoms with Crippen molar-refractivity contribution < 1.29 is 14.6 Å². The summed E-state index contributed by atoms with van der Waals surface area (Å²) in [5.41, 5.74) is 0.901. The number of hydrogen-bond acceptors (Lipinski definition) is 3. The Morgan fingerprint density at radius 2 is 1.94 bits per heavy atom. The van der Waals surface area contributed by atoms with Gasteiger partial charge in [-0.3, -0.25) is 4.79 Å². The van der Waals surface area contributed by atoms with Gasteiger partial charge in [0, 0.05) is 6.08 Å². The molecule has 3 heteroatoms. The molecule has 0 spiro atoms. The van der Waals surface area contributed by atoms with Crippen LogP contribution in [0.4, 0.5) is 0 Å². The van der Waals surface area contributed by atoms with Gasteiger partial charge in [-0.05, 0) is 30.7 Å². The second-order valence-electron chi connectivity index (χ2n) is 3.29. The predicted octanol–water partition coefficient (Wildman–Crippen LogP) is 2.74. The molecule has 0 aromatic heterocycles. The van der Waals surface area contributed by atoms with Crippen molar-refractivity contribution in [1.29, 1.82) is 0 Å². The second-order valence-corrected chi connectivity index (χ2v) is 3.29. The lowest BCUT2D eigenvalue weighted by atomic mass is 10.2. The van der Waals surface area contributed by atoms with E-state index < -0.39 is 0 Å². The summed E-state index contributed by atoms with van der Waals surface area (Å²) < 4.78 is 5.01. The van der Waals surface area contributed by atoms with Crippen molar-refractivity contribution in [3.63, 3.8) is 0 Å². The fourth-order valence-corrected chi connectivity index (χ4v) is 1.15. The molecule has 84 valence electrons. The first kappa shape index (κ1) is 12.0. The molecule has 16 heavy (non-hydrogen) atoms. The number of benzene rings is 1. The van der Waals surface area contributed by atoms with Crippen LogP contribution in [-0.4, -0.2) is 18.0 Å². The van der Waals surface area contributed by atoms with Crippen LogP contribution in [0, 0.1) is 0 Å². The Bertz CT molecular complexity index is 409. The Morgan fingerprint density at radius 3 is 2.44 bits per heavy atom. The largest absolute Gasteiger partial charge is 0.512 e. The molecule has 3 nitrogen and oxygen atoms in total. The number of methoxy groups -OCH3 is 1. The van der Waals surface area contributed by atoms with Crippen LogP contribution in [0.15, 0.2) is 42.2 Å². The van der Waals surface area contributed by atoms with E-state index in [0.717, 1.165) is 11.3 Å². The summed E-state index contributed by atoms with van der Waals surface area (Å²) in [6.45, 7) is 1.46. The number of allylic oxidation sites excluding steroid dienone is 3. The first-order valence-electron chi connectivity index (χ1n) is 4.85. The van der Waals surface area contributed by atoms with E-state index in [1.165, 1.54) is 19.1 Å². The number of hydrogen-bond donors (Lipinski definition) is 1. The van der Waals surface area contributed by atoms with Crippen LogP contribution >= 0.6 is 0 Å². The highest BCUT2D eigenvalue weighted by Gasteiger charge is 1.93. The van der Waals surface area contributed by atoms with Crippen molar-refractivity contribution in [3.8, 4) is 5.75 Å². The van der Waals surface area contributed by atoms with Gasteiger partial charge >= 0.3 is 0 Å². The van der Waals surface area contributed by atoms with Crippen LogP contribution < -0.4 is 4.74 Å². The van der Waals surface area contributed by atoms with E-state index in [0.29, 0.717) is 0 Å². The third-order valence-corrected chi connectivity index (χ3v) is 1.91. The minimum absolute atomic E-state index is 0.00406. The molecule has 0 atom stereocenters. The molecule has 1 rings (SSSR count). The molecule has 1 N–H and O–H groups in total. The molecule has 0 unspecified atom stereocenters. The average molecular weight is 218 g/mol. The standard InChI is InChI=1S/C13H14O3/c1-10(14)9-12(15)6-3-11-4-7-13(16-2)8-5-11/h3-9,14H,1-2H3/b6-3+,10-9-. The second kappa shape index (κ2) is 5.75. The van der Waals surface area contributed by atoms with E-state index in [1.807, 2.05) is 24.3 Å². The van der Waals surface area contributed by atoms with E-state index in [-0.39, 0.29) is 11.5 Å². The Kier molecular flexibility index (Phi) is 4.33. The molecule has 0 aliphatic rings. The van der Waals surface area contributed by atoms with Crippen LogP contribution in [0.25, 0.3) is 6.08 Å². The van der Waals surface area contributed by atoms with Crippen molar-refractivity contribution in [1.82, 2.24) is 0 Å². The predicted molar refractivity (Wildman–Crippen MR) is 63.4 cm³/mol. The van der Waals surface area contributed by atoms with Crippen molar-refractivity contribution in [2.45, 2.75) is 6.92 Å². The van der Waals surface area contributed by atoms with Crippen LogP contribution in [-0.2, 0) is 4.79 Å². The molecule has 0 fully saturated rings. The molecule has 0 aliphatic heterocycles. The number of ketones is 1. The lowest BCUT2D eigenvalue weighted by Crippen LogP contribution is -1.87. The highest BCUT2D eigenvalue weighted by Crippen LogP contribution is 2.12. The van der Waals surface area contributed by atoms with Crippen LogP contribution in [0.5, 0.6) is 5.75 Å². The lowest BCUT2D eigenvalue weighted by Gasteiger charge is -1.98. The molecule has 0 aliphatic carbocycles. The minimum atomic E-state index is -0.240. The van der Waals surface area contributed by atoms with Crippen molar-refractivity contribution in [2.24, 2.45) is 0 Å². The molecule has 0 saturated heterocycles. The van der Waals surface area contributed by atoms with Crippen molar-refractivity contribution >= 4 is 11.9 Å². The van der Waals surface area contributed by atoms with E-state index in [1.54, 1.807) is 13.2 Å². The zero-order valence-electron chi connectivity index (χ0n) is 9.31. The smallest absolute Gasteiger partial charge is 0.181 e. The Hall–Kier alpha value is -2.03. The maximum absolute atomic E-state index is 11.2. The summed E-state index contributed by atoms with van der Waals surface area (Å²) in [6, 6.07) is 7.32. The number of rotatable bonds is 4. The molecular weight excluding hydrogens is 204 g/mol. The number of ether oxygens (including phenoxy) is 1. The fourth-order valence-electron chi connectivity index (χ4n) is 1.15. The third kappa shape index (κ3) is 4.00. The van der Waals surface area contributed by atoms with Gasteiger partial charge in [0.1, 0.15) is 5.75 Å². The van der Waals surface area contributed by atoms with Gasteiger partial charge in [-0.25, -0.2) is 0 Å². The van der Waals surface area contributed by atoms with Gasteiger partial charge < -0.3 is 9.84 Å². The van der Waals surface area contributed by atoms with E-state index in [2.05, 4.69) is 0 Å². The Labute approximate surface area is 94.7 Å². The quantitative estimate of drug-likeness (QED) is 0.624. The van der Waals surface area contributed by atoms with Gasteiger partial charge in [0.15, 0.2) is 5.78 Å². The topological polar surface area (TPSA) is 46.5 Å². The Morgan fingerprint density at radius 1 is 1.31 bits per heavy atom. The van der Waals surface area contributed by atoms with E-state index in [4.69, 9.17) is 9.84 Å². The summed E-state index contributed by atoms with van der Waals surface area (Å²) in [4.78, 5) is 11.2. The SMILES string of the molecule is COc1ccc(/C=C/C(=O)/C=C(/C)O)cc1. The molecular formula is C13H14O3. The maximum Gasteiger partial charge on any atom is 0.181 e.